The number of aromatic nitrogens is 1. The predicted octanol–water partition coefficient (Wildman–Crippen LogP) is 2.25. The molecule has 1 N–H and O–H groups in total. The van der Waals surface area contributed by atoms with Gasteiger partial charge in [-0.3, -0.25) is 14.9 Å². The van der Waals surface area contributed by atoms with E-state index in [0.29, 0.717) is 0 Å². The quantitative estimate of drug-likeness (QED) is 0.687. The minimum atomic E-state index is -0.840. The number of carbonyl (C=O) groups excluding carboxylic acids is 1. The number of amides is 1. The van der Waals surface area contributed by atoms with Crippen LogP contribution < -0.4 is 5.32 Å². The molecule has 0 aliphatic rings. The summed E-state index contributed by atoms with van der Waals surface area (Å²) in [6, 6.07) is 7.30. The lowest BCUT2D eigenvalue weighted by Crippen LogP contribution is -2.13. The summed E-state index contributed by atoms with van der Waals surface area (Å²) in [5.41, 5.74) is -0.246. The highest BCUT2D eigenvalue weighted by Crippen LogP contribution is 2.20. The Kier molecular flexibility index (Phi) is 3.85. The molecule has 1 heterocycles. The highest BCUT2D eigenvalue weighted by Gasteiger charge is 2.13. The molecule has 0 unspecified atom stereocenters. The van der Waals surface area contributed by atoms with E-state index in [0.717, 1.165) is 18.2 Å². The Hall–Kier alpha value is -3.34. The van der Waals surface area contributed by atoms with Crippen molar-refractivity contribution >= 4 is 17.3 Å². The Morgan fingerprint density at radius 1 is 1.38 bits per heavy atom. The van der Waals surface area contributed by atoms with Gasteiger partial charge in [-0.05, 0) is 18.2 Å². The van der Waals surface area contributed by atoms with Gasteiger partial charge in [0.2, 0.25) is 0 Å². The number of nitro groups is 1. The predicted molar refractivity (Wildman–Crippen MR) is 70.0 cm³/mol. The van der Waals surface area contributed by atoms with Crippen molar-refractivity contribution in [3.63, 3.8) is 0 Å². The molecule has 0 saturated carbocycles. The summed E-state index contributed by atoms with van der Waals surface area (Å²) in [6.45, 7) is 0. The lowest BCUT2D eigenvalue weighted by atomic mass is 10.2. The molecule has 7 nitrogen and oxygen atoms in total. The van der Waals surface area contributed by atoms with E-state index in [1.165, 1.54) is 18.3 Å². The molecule has 1 aromatic carbocycles. The number of pyridine rings is 1. The van der Waals surface area contributed by atoms with Crippen molar-refractivity contribution < 1.29 is 14.1 Å². The number of nitriles is 1. The monoisotopic (exact) mass is 286 g/mol. The third-order valence-corrected chi connectivity index (χ3v) is 2.48. The third kappa shape index (κ3) is 3.36. The van der Waals surface area contributed by atoms with Crippen LogP contribution in [-0.2, 0) is 0 Å². The molecule has 1 aromatic heterocycles. The van der Waals surface area contributed by atoms with E-state index in [9.17, 15) is 19.3 Å². The molecule has 8 heteroatoms. The van der Waals surface area contributed by atoms with E-state index in [2.05, 4.69) is 10.3 Å². The van der Waals surface area contributed by atoms with Gasteiger partial charge in [0, 0.05) is 12.3 Å². The molecule has 1 amide bonds. The second-order valence-electron chi connectivity index (χ2n) is 3.95. The van der Waals surface area contributed by atoms with Crippen molar-refractivity contribution in [2.75, 3.05) is 5.32 Å². The summed E-state index contributed by atoms with van der Waals surface area (Å²) in [5.74, 6) is -1.51. The molecule has 0 radical (unpaired) electrons. The Morgan fingerprint density at radius 2 is 2.14 bits per heavy atom. The number of nitrogens with zero attached hydrogens (tertiary/aromatic N) is 3. The summed E-state index contributed by atoms with van der Waals surface area (Å²) >= 11 is 0. The van der Waals surface area contributed by atoms with E-state index < -0.39 is 22.3 Å². The van der Waals surface area contributed by atoms with E-state index in [4.69, 9.17) is 5.26 Å². The van der Waals surface area contributed by atoms with Crippen LogP contribution >= 0.6 is 0 Å². The lowest BCUT2D eigenvalue weighted by molar-refractivity contribution is -0.385. The molecule has 0 bridgehead atoms. The van der Waals surface area contributed by atoms with Crippen LogP contribution in [-0.4, -0.2) is 15.8 Å². The Morgan fingerprint density at radius 3 is 2.71 bits per heavy atom. The Labute approximate surface area is 117 Å². The molecule has 0 aliphatic carbocycles. The van der Waals surface area contributed by atoms with E-state index in [1.54, 1.807) is 0 Å². The molecule has 104 valence electrons. The van der Waals surface area contributed by atoms with E-state index in [1.807, 2.05) is 6.07 Å². The molecular weight excluding hydrogens is 279 g/mol. The lowest BCUT2D eigenvalue weighted by Gasteiger charge is -2.05. The first-order chi connectivity index (χ1) is 9.99. The number of hydrogen-bond donors (Lipinski definition) is 1. The first-order valence-corrected chi connectivity index (χ1v) is 5.62. The number of non-ortho nitro benzene ring substituents is 1. The first kappa shape index (κ1) is 14.1. The van der Waals surface area contributed by atoms with Gasteiger partial charge in [-0.2, -0.15) is 5.26 Å². The minimum Gasteiger partial charge on any atom is -0.320 e. The average Bonchev–Trinajstić information content (AvgIpc) is 2.46. The van der Waals surface area contributed by atoms with Crippen molar-refractivity contribution in [2.24, 2.45) is 0 Å². The maximum atomic E-state index is 13.2. The fourth-order valence-corrected chi connectivity index (χ4v) is 1.54. The maximum absolute atomic E-state index is 13.2. The SMILES string of the molecule is N#Cc1ccc(C(=O)Nc2cc(F)cc([N+](=O)[O-])c2)nc1. The van der Waals surface area contributed by atoms with Crippen molar-refractivity contribution in [1.29, 1.82) is 5.26 Å². The normalized spacial score (nSPS) is 9.71. The molecule has 0 atom stereocenters. The second kappa shape index (κ2) is 5.75. The molecule has 2 aromatic rings. The van der Waals surface area contributed by atoms with Crippen molar-refractivity contribution in [2.45, 2.75) is 0 Å². The molecule has 0 aliphatic heterocycles. The summed E-state index contributed by atoms with van der Waals surface area (Å²) < 4.78 is 13.2. The van der Waals surface area contributed by atoms with Crippen LogP contribution in [0.2, 0.25) is 0 Å². The minimum absolute atomic E-state index is 0.000847. The smallest absolute Gasteiger partial charge is 0.274 e. The number of halogens is 1. The molecule has 0 saturated heterocycles. The van der Waals surface area contributed by atoms with Gasteiger partial charge < -0.3 is 5.32 Å². The number of benzene rings is 1. The van der Waals surface area contributed by atoms with Gasteiger partial charge >= 0.3 is 0 Å². The Bertz CT molecular complexity index is 753. The van der Waals surface area contributed by atoms with Crippen LogP contribution in [0.15, 0.2) is 36.5 Å². The van der Waals surface area contributed by atoms with Crippen LogP contribution in [0.3, 0.4) is 0 Å². The van der Waals surface area contributed by atoms with Crippen LogP contribution in [0.5, 0.6) is 0 Å². The summed E-state index contributed by atoms with van der Waals surface area (Å²) in [5, 5.41) is 21.5. The van der Waals surface area contributed by atoms with Crippen LogP contribution in [0.1, 0.15) is 16.1 Å². The molecule has 0 spiro atoms. The first-order valence-electron chi connectivity index (χ1n) is 5.62. The topological polar surface area (TPSA) is 109 Å². The summed E-state index contributed by atoms with van der Waals surface area (Å²) in [7, 11) is 0. The fourth-order valence-electron chi connectivity index (χ4n) is 1.54. The molecular formula is C13H7FN4O3. The summed E-state index contributed by atoms with van der Waals surface area (Å²) in [6.07, 6.45) is 1.21. The zero-order valence-corrected chi connectivity index (χ0v) is 10.4. The zero-order chi connectivity index (χ0) is 15.4. The van der Waals surface area contributed by atoms with Gasteiger partial charge in [-0.1, -0.05) is 0 Å². The van der Waals surface area contributed by atoms with Crippen LogP contribution in [0.25, 0.3) is 0 Å². The fraction of sp³-hybridized carbons (Fsp3) is 0. The van der Waals surface area contributed by atoms with Gasteiger partial charge in [0.1, 0.15) is 17.6 Å². The number of nitro benzene ring substituents is 1. The largest absolute Gasteiger partial charge is 0.320 e. The number of rotatable bonds is 3. The average molecular weight is 286 g/mol. The number of hydrogen-bond acceptors (Lipinski definition) is 5. The standard InChI is InChI=1S/C13H7FN4O3/c14-9-3-10(5-11(4-9)18(20)21)17-13(19)12-2-1-8(6-15)7-16-12/h1-5,7H,(H,17,19). The van der Waals surface area contributed by atoms with Gasteiger partial charge in [-0.15, -0.1) is 0 Å². The van der Waals surface area contributed by atoms with Crippen molar-refractivity contribution in [3.05, 3.63) is 63.7 Å². The number of nitrogens with one attached hydrogen (secondary N) is 1. The molecule has 2 rings (SSSR count). The van der Waals surface area contributed by atoms with Gasteiger partial charge in [0.15, 0.2) is 0 Å². The number of anilines is 1. The zero-order valence-electron chi connectivity index (χ0n) is 10.4. The van der Waals surface area contributed by atoms with Gasteiger partial charge in [-0.25, -0.2) is 9.37 Å². The van der Waals surface area contributed by atoms with Gasteiger partial charge in [0.05, 0.1) is 22.2 Å². The Balaban J connectivity index is 2.23. The highest BCUT2D eigenvalue weighted by atomic mass is 19.1. The maximum Gasteiger partial charge on any atom is 0.274 e. The van der Waals surface area contributed by atoms with E-state index >= 15 is 0 Å². The van der Waals surface area contributed by atoms with E-state index in [-0.39, 0.29) is 16.9 Å². The third-order valence-electron chi connectivity index (χ3n) is 2.48. The molecule has 0 fully saturated rings. The number of carbonyl (C=O) groups is 1. The second-order valence-corrected chi connectivity index (χ2v) is 3.95. The van der Waals surface area contributed by atoms with Crippen molar-refractivity contribution in [3.8, 4) is 6.07 Å². The van der Waals surface area contributed by atoms with Gasteiger partial charge in [0.25, 0.3) is 11.6 Å². The summed E-state index contributed by atoms with van der Waals surface area (Å²) in [4.78, 5) is 25.5. The van der Waals surface area contributed by atoms with Crippen LogP contribution in [0.4, 0.5) is 15.8 Å². The highest BCUT2D eigenvalue weighted by molar-refractivity contribution is 6.03. The van der Waals surface area contributed by atoms with Crippen molar-refractivity contribution in [1.82, 2.24) is 4.98 Å². The van der Waals surface area contributed by atoms with Crippen LogP contribution in [0, 0.1) is 27.3 Å². The molecule has 21 heavy (non-hydrogen) atoms.